The van der Waals surface area contributed by atoms with Gasteiger partial charge in [-0.25, -0.2) is 29.5 Å². The monoisotopic (exact) mass is 578 g/mol. The third-order valence-electron chi connectivity index (χ3n) is 7.14. The number of nitrogens with zero attached hydrogens (tertiary/aromatic N) is 4. The highest BCUT2D eigenvalue weighted by Gasteiger charge is 2.16. The fourth-order valence-corrected chi connectivity index (χ4v) is 4.81. The molecule has 214 valence electrons. The first-order valence-electron chi connectivity index (χ1n) is 13.8. The van der Waals surface area contributed by atoms with E-state index in [4.69, 9.17) is 9.97 Å². The summed E-state index contributed by atoms with van der Waals surface area (Å²) in [6.07, 6.45) is 0. The Balaban J connectivity index is 1.40. The van der Waals surface area contributed by atoms with E-state index in [0.717, 1.165) is 22.3 Å². The molecule has 4 heterocycles. The lowest BCUT2D eigenvalue weighted by Gasteiger charge is -2.10. The van der Waals surface area contributed by atoms with Crippen LogP contribution in [-0.4, -0.2) is 42.1 Å². The molecule has 0 radical (unpaired) electrons. The van der Waals surface area contributed by atoms with Crippen LogP contribution in [0.2, 0.25) is 0 Å². The Morgan fingerprint density at radius 3 is 1.11 bits per heavy atom. The Labute approximate surface area is 253 Å². The summed E-state index contributed by atoms with van der Waals surface area (Å²) in [5, 5.41) is 19.5. The second-order valence-electron chi connectivity index (χ2n) is 10.4. The molecule has 6 rings (SSSR count). The predicted octanol–water partition coefficient (Wildman–Crippen LogP) is 7.61. The summed E-state index contributed by atoms with van der Waals surface area (Å²) < 4.78 is 0. The summed E-state index contributed by atoms with van der Waals surface area (Å²) in [4.78, 5) is 42.2. The average Bonchev–Trinajstić information content (AvgIpc) is 3.05. The van der Waals surface area contributed by atoms with Crippen LogP contribution in [0.1, 0.15) is 32.1 Å². The van der Waals surface area contributed by atoms with E-state index < -0.39 is 11.9 Å². The number of hydrogen-bond donors (Lipinski definition) is 2. The molecule has 44 heavy (non-hydrogen) atoms. The van der Waals surface area contributed by atoms with Crippen molar-refractivity contribution in [3.05, 3.63) is 132 Å². The maximum Gasteiger partial charge on any atom is 0.354 e. The van der Waals surface area contributed by atoms with Crippen LogP contribution in [0.25, 0.3) is 56.4 Å². The molecular weight excluding hydrogens is 552 g/mol. The Kier molecular flexibility index (Phi) is 7.47. The Hall–Kier alpha value is -6.02. The molecule has 6 aromatic rings. The van der Waals surface area contributed by atoms with Gasteiger partial charge < -0.3 is 10.2 Å². The molecule has 4 aromatic heterocycles. The van der Waals surface area contributed by atoms with Crippen LogP contribution < -0.4 is 0 Å². The summed E-state index contributed by atoms with van der Waals surface area (Å²) in [7, 11) is 0. The molecule has 2 N–H and O–H groups in total. The minimum absolute atomic E-state index is 0.0841. The van der Waals surface area contributed by atoms with Gasteiger partial charge in [0.1, 0.15) is 11.4 Å². The number of rotatable bonds is 7. The minimum Gasteiger partial charge on any atom is -0.477 e. The van der Waals surface area contributed by atoms with Gasteiger partial charge in [0.2, 0.25) is 0 Å². The standard InChI is InChI=1S/C36H26N4O4/c1-21-9-13-23(14-10-21)25-17-31(39-33(19-25)35(41)42)29-7-3-5-27(37-29)28-6-4-8-30(38-28)32-18-26(20-34(40-32)36(43)44)24-15-11-22(2)12-16-24/h3-20H,1-2H3,(H,41,42)(H,43,44). The van der Waals surface area contributed by atoms with Crippen molar-refractivity contribution < 1.29 is 19.8 Å². The summed E-state index contributed by atoms with van der Waals surface area (Å²) in [5.74, 6) is -2.27. The van der Waals surface area contributed by atoms with E-state index in [0.29, 0.717) is 45.3 Å². The van der Waals surface area contributed by atoms with Gasteiger partial charge in [-0.1, -0.05) is 71.8 Å². The van der Waals surface area contributed by atoms with Crippen molar-refractivity contribution >= 4 is 11.9 Å². The molecule has 0 fully saturated rings. The topological polar surface area (TPSA) is 126 Å². The first-order chi connectivity index (χ1) is 21.2. The number of benzene rings is 2. The number of aryl methyl sites for hydroxylation is 2. The highest BCUT2D eigenvalue weighted by molar-refractivity contribution is 5.89. The third-order valence-corrected chi connectivity index (χ3v) is 7.14. The fraction of sp³-hybridized carbons (Fsp3) is 0.0556. The van der Waals surface area contributed by atoms with Gasteiger partial charge in [0.15, 0.2) is 0 Å². The molecule has 8 heteroatoms. The van der Waals surface area contributed by atoms with Crippen molar-refractivity contribution in [1.29, 1.82) is 0 Å². The van der Waals surface area contributed by atoms with E-state index in [-0.39, 0.29) is 11.4 Å². The summed E-state index contributed by atoms with van der Waals surface area (Å²) in [6, 6.07) is 33.2. The Morgan fingerprint density at radius 2 is 0.773 bits per heavy atom. The van der Waals surface area contributed by atoms with Crippen LogP contribution in [0, 0.1) is 13.8 Å². The van der Waals surface area contributed by atoms with Crippen LogP contribution in [-0.2, 0) is 0 Å². The zero-order valence-electron chi connectivity index (χ0n) is 23.9. The average molecular weight is 579 g/mol. The highest BCUT2D eigenvalue weighted by Crippen LogP contribution is 2.29. The van der Waals surface area contributed by atoms with E-state index in [2.05, 4.69) is 9.97 Å². The Bertz CT molecular complexity index is 1890. The van der Waals surface area contributed by atoms with Crippen LogP contribution in [0.15, 0.2) is 109 Å². The molecule has 0 aliphatic carbocycles. The van der Waals surface area contributed by atoms with Crippen LogP contribution in [0.3, 0.4) is 0 Å². The maximum atomic E-state index is 11.9. The quantitative estimate of drug-likeness (QED) is 0.198. The van der Waals surface area contributed by atoms with Gasteiger partial charge in [-0.3, -0.25) is 0 Å². The number of pyridine rings is 4. The van der Waals surface area contributed by atoms with Crippen molar-refractivity contribution in [3.63, 3.8) is 0 Å². The maximum absolute atomic E-state index is 11.9. The molecule has 0 amide bonds. The lowest BCUT2D eigenvalue weighted by molar-refractivity contribution is 0.0680. The molecule has 0 aliphatic heterocycles. The van der Waals surface area contributed by atoms with Gasteiger partial charge in [0.25, 0.3) is 0 Å². The van der Waals surface area contributed by atoms with Crippen molar-refractivity contribution in [3.8, 4) is 56.4 Å². The van der Waals surface area contributed by atoms with Gasteiger partial charge in [0, 0.05) is 0 Å². The molecule has 2 aromatic carbocycles. The molecule has 0 spiro atoms. The second-order valence-corrected chi connectivity index (χ2v) is 10.4. The number of carbonyl (C=O) groups is 2. The number of hydrogen-bond acceptors (Lipinski definition) is 6. The van der Waals surface area contributed by atoms with Gasteiger partial charge in [-0.15, -0.1) is 0 Å². The lowest BCUT2D eigenvalue weighted by atomic mass is 10.0. The molecule has 0 aliphatic rings. The zero-order valence-corrected chi connectivity index (χ0v) is 23.9. The largest absolute Gasteiger partial charge is 0.477 e. The predicted molar refractivity (Wildman–Crippen MR) is 168 cm³/mol. The third kappa shape index (κ3) is 5.96. The number of carboxylic acid groups (broad SMARTS) is 2. The normalized spacial score (nSPS) is 10.9. The van der Waals surface area contributed by atoms with E-state index in [1.54, 1.807) is 36.4 Å². The molecule has 0 saturated heterocycles. The van der Waals surface area contributed by atoms with Gasteiger partial charge in [-0.05, 0) is 84.6 Å². The van der Waals surface area contributed by atoms with Crippen molar-refractivity contribution in [2.45, 2.75) is 13.8 Å². The van der Waals surface area contributed by atoms with Crippen molar-refractivity contribution in [2.24, 2.45) is 0 Å². The first kappa shape index (κ1) is 28.1. The summed E-state index contributed by atoms with van der Waals surface area (Å²) in [5.41, 5.74) is 8.08. The Morgan fingerprint density at radius 1 is 0.432 bits per heavy atom. The number of aromatic nitrogens is 4. The van der Waals surface area contributed by atoms with Crippen LogP contribution in [0.5, 0.6) is 0 Å². The molecule has 0 unspecified atom stereocenters. The van der Waals surface area contributed by atoms with Crippen molar-refractivity contribution in [2.75, 3.05) is 0 Å². The molecule has 8 nitrogen and oxygen atoms in total. The molecular formula is C36H26N4O4. The fourth-order valence-electron chi connectivity index (χ4n) is 4.81. The molecule has 0 atom stereocenters. The highest BCUT2D eigenvalue weighted by atomic mass is 16.4. The van der Waals surface area contributed by atoms with E-state index >= 15 is 0 Å². The summed E-state index contributed by atoms with van der Waals surface area (Å²) in [6.45, 7) is 3.98. The molecule has 0 bridgehead atoms. The second kappa shape index (κ2) is 11.7. The van der Waals surface area contributed by atoms with E-state index in [1.807, 2.05) is 86.6 Å². The van der Waals surface area contributed by atoms with Gasteiger partial charge >= 0.3 is 11.9 Å². The summed E-state index contributed by atoms with van der Waals surface area (Å²) >= 11 is 0. The lowest BCUT2D eigenvalue weighted by Crippen LogP contribution is -2.03. The van der Waals surface area contributed by atoms with Crippen molar-refractivity contribution in [1.82, 2.24) is 19.9 Å². The van der Waals surface area contributed by atoms with E-state index in [1.165, 1.54) is 0 Å². The smallest absolute Gasteiger partial charge is 0.354 e. The first-order valence-corrected chi connectivity index (χ1v) is 13.8. The van der Waals surface area contributed by atoms with Gasteiger partial charge in [0.05, 0.1) is 34.2 Å². The van der Waals surface area contributed by atoms with Gasteiger partial charge in [-0.2, -0.15) is 0 Å². The zero-order chi connectivity index (χ0) is 30.8. The number of carboxylic acids is 2. The van der Waals surface area contributed by atoms with E-state index in [9.17, 15) is 19.8 Å². The van der Waals surface area contributed by atoms with Crippen LogP contribution >= 0.6 is 0 Å². The minimum atomic E-state index is -1.13. The van der Waals surface area contributed by atoms with Crippen LogP contribution in [0.4, 0.5) is 0 Å². The number of aromatic carboxylic acids is 2. The molecule has 0 saturated carbocycles. The SMILES string of the molecule is Cc1ccc(-c2cc(C(=O)O)nc(-c3cccc(-c4cccc(-c5cc(-c6ccc(C)cc6)cc(C(=O)O)n5)n4)n3)c2)cc1.